The summed E-state index contributed by atoms with van der Waals surface area (Å²) in [6, 6.07) is 3.75. The normalized spacial score (nSPS) is 20.6. The van der Waals surface area contributed by atoms with E-state index >= 15 is 0 Å². The van der Waals surface area contributed by atoms with Crippen LogP contribution in [0.25, 0.3) is 0 Å². The van der Waals surface area contributed by atoms with E-state index in [2.05, 4.69) is 28.6 Å². The minimum absolute atomic E-state index is 0.313. The second-order valence-electron chi connectivity index (χ2n) is 5.08. The Hall–Kier alpha value is -1.62. The fourth-order valence-electron chi connectivity index (χ4n) is 2.61. The first-order valence-electron chi connectivity index (χ1n) is 6.72. The van der Waals surface area contributed by atoms with E-state index in [0.29, 0.717) is 11.6 Å². The zero-order valence-corrected chi connectivity index (χ0v) is 11.8. The lowest BCUT2D eigenvalue weighted by Gasteiger charge is -2.40. The second-order valence-corrected chi connectivity index (χ2v) is 5.08. The molecule has 0 aromatic carbocycles. The molecular formula is C14H21N3O2. The minimum Gasteiger partial charge on any atom is -0.478 e. The van der Waals surface area contributed by atoms with Gasteiger partial charge in [0.2, 0.25) is 0 Å². The summed E-state index contributed by atoms with van der Waals surface area (Å²) in [4.78, 5) is 20.2. The Balaban J connectivity index is 2.21. The monoisotopic (exact) mass is 263 g/mol. The molecule has 1 unspecified atom stereocenters. The lowest BCUT2D eigenvalue weighted by Crippen LogP contribution is -2.52. The van der Waals surface area contributed by atoms with Crippen molar-refractivity contribution >= 4 is 11.8 Å². The highest BCUT2D eigenvalue weighted by atomic mass is 16.4. The molecule has 2 rings (SSSR count). The number of aryl methyl sites for hydroxylation is 1. The maximum Gasteiger partial charge on any atom is 0.335 e. The van der Waals surface area contributed by atoms with Gasteiger partial charge in [-0.1, -0.05) is 6.92 Å². The molecule has 0 radical (unpaired) electrons. The van der Waals surface area contributed by atoms with Crippen molar-refractivity contribution in [2.45, 2.75) is 26.8 Å². The molecule has 1 atom stereocenters. The van der Waals surface area contributed by atoms with Crippen LogP contribution in [0.3, 0.4) is 0 Å². The smallest absolute Gasteiger partial charge is 0.335 e. The summed E-state index contributed by atoms with van der Waals surface area (Å²) in [5.41, 5.74) is 1.06. The summed E-state index contributed by atoms with van der Waals surface area (Å²) in [5, 5.41) is 9.11. The van der Waals surface area contributed by atoms with E-state index in [1.165, 1.54) is 0 Å². The molecule has 1 saturated heterocycles. The maximum atomic E-state index is 11.1. The predicted molar refractivity (Wildman–Crippen MR) is 74.9 cm³/mol. The van der Waals surface area contributed by atoms with Gasteiger partial charge < -0.3 is 10.0 Å². The molecule has 2 heterocycles. The van der Waals surface area contributed by atoms with Crippen molar-refractivity contribution in [2.75, 3.05) is 31.1 Å². The third kappa shape index (κ3) is 3.04. The van der Waals surface area contributed by atoms with Crippen LogP contribution < -0.4 is 4.90 Å². The van der Waals surface area contributed by atoms with E-state index < -0.39 is 5.97 Å². The van der Waals surface area contributed by atoms with Gasteiger partial charge in [-0.2, -0.15) is 0 Å². The van der Waals surface area contributed by atoms with E-state index in [4.69, 9.17) is 5.11 Å². The summed E-state index contributed by atoms with van der Waals surface area (Å²) in [7, 11) is 0. The van der Waals surface area contributed by atoms with Crippen molar-refractivity contribution in [1.29, 1.82) is 0 Å². The number of carboxylic acids is 1. The average molecular weight is 263 g/mol. The summed E-state index contributed by atoms with van der Waals surface area (Å²) >= 11 is 0. The van der Waals surface area contributed by atoms with Crippen LogP contribution >= 0.6 is 0 Å². The highest BCUT2D eigenvalue weighted by molar-refractivity contribution is 5.88. The van der Waals surface area contributed by atoms with E-state index in [0.717, 1.165) is 37.7 Å². The van der Waals surface area contributed by atoms with Crippen molar-refractivity contribution in [3.05, 3.63) is 23.4 Å². The number of pyridine rings is 1. The number of hydrogen-bond donors (Lipinski definition) is 1. The fraction of sp³-hybridized carbons (Fsp3) is 0.571. The number of likely N-dealkylation sites (N-methyl/N-ethyl adjacent to an activating group) is 1. The summed E-state index contributed by atoms with van der Waals surface area (Å²) in [5.74, 6) is -0.119. The third-order valence-electron chi connectivity index (χ3n) is 3.68. The maximum absolute atomic E-state index is 11.1. The van der Waals surface area contributed by atoms with Crippen molar-refractivity contribution < 1.29 is 9.90 Å². The van der Waals surface area contributed by atoms with Gasteiger partial charge in [0.05, 0.1) is 5.56 Å². The lowest BCUT2D eigenvalue weighted by atomic mass is 10.1. The Morgan fingerprint density at radius 3 is 2.79 bits per heavy atom. The number of aromatic carboxylic acids is 1. The number of piperazine rings is 1. The molecule has 1 aliphatic heterocycles. The second kappa shape index (κ2) is 5.57. The van der Waals surface area contributed by atoms with E-state index in [-0.39, 0.29) is 0 Å². The summed E-state index contributed by atoms with van der Waals surface area (Å²) in [6.07, 6.45) is 0. The van der Waals surface area contributed by atoms with Crippen LogP contribution in [0.4, 0.5) is 5.82 Å². The molecule has 1 N–H and O–H groups in total. The Morgan fingerprint density at radius 1 is 1.47 bits per heavy atom. The Labute approximate surface area is 113 Å². The standard InChI is InChI=1S/C14H21N3O2/c1-4-16-5-6-17(9-11(16)3)13-8-12(14(18)19)7-10(2)15-13/h7-8,11H,4-6,9H2,1-3H3,(H,18,19). The SMILES string of the molecule is CCN1CCN(c2cc(C(=O)O)cc(C)n2)CC1C. The predicted octanol–water partition coefficient (Wildman–Crippen LogP) is 1.62. The molecule has 1 aromatic rings. The Morgan fingerprint density at radius 2 is 2.21 bits per heavy atom. The number of aromatic nitrogens is 1. The summed E-state index contributed by atoms with van der Waals surface area (Å²) < 4.78 is 0. The molecule has 1 fully saturated rings. The molecule has 5 nitrogen and oxygen atoms in total. The molecule has 0 amide bonds. The number of carboxylic acid groups (broad SMARTS) is 1. The van der Waals surface area contributed by atoms with Gasteiger partial charge in [-0.3, -0.25) is 4.90 Å². The quantitative estimate of drug-likeness (QED) is 0.898. The highest BCUT2D eigenvalue weighted by Crippen LogP contribution is 2.19. The Kier molecular flexibility index (Phi) is 4.04. The first kappa shape index (κ1) is 13.8. The number of anilines is 1. The van der Waals surface area contributed by atoms with Crippen LogP contribution in [-0.2, 0) is 0 Å². The largest absolute Gasteiger partial charge is 0.478 e. The summed E-state index contributed by atoms with van der Waals surface area (Å²) in [6.45, 7) is 10.0. The van der Waals surface area contributed by atoms with Gasteiger partial charge >= 0.3 is 5.97 Å². The molecule has 0 saturated carbocycles. The zero-order valence-electron chi connectivity index (χ0n) is 11.8. The van der Waals surface area contributed by atoms with Crippen LogP contribution in [0.5, 0.6) is 0 Å². The number of hydrogen-bond acceptors (Lipinski definition) is 4. The lowest BCUT2D eigenvalue weighted by molar-refractivity contribution is 0.0696. The van der Waals surface area contributed by atoms with Gasteiger partial charge in [0.15, 0.2) is 0 Å². The molecule has 0 spiro atoms. The number of rotatable bonds is 3. The first-order valence-corrected chi connectivity index (χ1v) is 6.72. The van der Waals surface area contributed by atoms with Gasteiger partial charge in [-0.05, 0) is 32.5 Å². The first-order chi connectivity index (χ1) is 9.01. The molecule has 1 aliphatic rings. The fourth-order valence-corrected chi connectivity index (χ4v) is 2.61. The van der Waals surface area contributed by atoms with Crippen molar-refractivity contribution in [2.24, 2.45) is 0 Å². The van der Waals surface area contributed by atoms with E-state index in [1.807, 2.05) is 6.92 Å². The zero-order chi connectivity index (χ0) is 14.0. The number of nitrogens with zero attached hydrogens (tertiary/aromatic N) is 3. The van der Waals surface area contributed by atoms with Crippen LogP contribution in [0.1, 0.15) is 29.9 Å². The van der Waals surface area contributed by atoms with E-state index in [9.17, 15) is 4.79 Å². The van der Waals surface area contributed by atoms with Crippen LogP contribution in [0.15, 0.2) is 12.1 Å². The van der Waals surface area contributed by atoms with Crippen molar-refractivity contribution in [3.8, 4) is 0 Å². The van der Waals surface area contributed by atoms with Gasteiger partial charge in [-0.15, -0.1) is 0 Å². The third-order valence-corrected chi connectivity index (χ3v) is 3.68. The molecule has 5 heteroatoms. The molecule has 0 aliphatic carbocycles. The minimum atomic E-state index is -0.896. The van der Waals surface area contributed by atoms with Gasteiger partial charge in [0.25, 0.3) is 0 Å². The average Bonchev–Trinajstić information content (AvgIpc) is 2.37. The van der Waals surface area contributed by atoms with Crippen LogP contribution in [-0.4, -0.2) is 53.2 Å². The van der Waals surface area contributed by atoms with Crippen molar-refractivity contribution in [3.63, 3.8) is 0 Å². The highest BCUT2D eigenvalue weighted by Gasteiger charge is 2.23. The van der Waals surface area contributed by atoms with Gasteiger partial charge in [0, 0.05) is 31.4 Å². The van der Waals surface area contributed by atoms with Crippen LogP contribution in [0.2, 0.25) is 0 Å². The van der Waals surface area contributed by atoms with Crippen LogP contribution in [0, 0.1) is 6.92 Å². The van der Waals surface area contributed by atoms with Gasteiger partial charge in [-0.25, -0.2) is 9.78 Å². The Bertz CT molecular complexity index is 476. The molecular weight excluding hydrogens is 242 g/mol. The molecule has 19 heavy (non-hydrogen) atoms. The van der Waals surface area contributed by atoms with Gasteiger partial charge in [0.1, 0.15) is 5.82 Å². The molecule has 1 aromatic heterocycles. The van der Waals surface area contributed by atoms with E-state index in [1.54, 1.807) is 12.1 Å². The number of carbonyl (C=O) groups is 1. The molecule has 104 valence electrons. The van der Waals surface area contributed by atoms with Crippen molar-refractivity contribution in [1.82, 2.24) is 9.88 Å². The topological polar surface area (TPSA) is 56.7 Å². The molecule has 0 bridgehead atoms.